The maximum Gasteiger partial charge on any atom is 0.226 e. The standard InChI is InChI=1S/C15H20N4O2S/c1-3-19-13(4-6-17-19)14-12(5-7-21-14)15(20)16-8-11-9-22-10(2)18-11/h4,6,9,12,14H,3,5,7-8H2,1-2H3,(H,16,20)/t12-,14-/m1/s1. The summed E-state index contributed by atoms with van der Waals surface area (Å²) in [6.45, 7) is 5.84. The van der Waals surface area contributed by atoms with Crippen LogP contribution in [0.1, 0.15) is 35.8 Å². The number of carbonyl (C=O) groups is 1. The summed E-state index contributed by atoms with van der Waals surface area (Å²) in [5.74, 6) is -0.140. The summed E-state index contributed by atoms with van der Waals surface area (Å²) in [6.07, 6.45) is 2.29. The fraction of sp³-hybridized carbons (Fsp3) is 0.533. The van der Waals surface area contributed by atoms with E-state index in [-0.39, 0.29) is 17.9 Å². The fourth-order valence-electron chi connectivity index (χ4n) is 2.80. The number of aryl methyl sites for hydroxylation is 2. The number of nitrogens with zero attached hydrogens (tertiary/aromatic N) is 3. The molecule has 2 aromatic heterocycles. The molecule has 0 unspecified atom stereocenters. The lowest BCUT2D eigenvalue weighted by molar-refractivity contribution is -0.127. The highest BCUT2D eigenvalue weighted by atomic mass is 32.1. The van der Waals surface area contributed by atoms with Gasteiger partial charge in [0.1, 0.15) is 6.10 Å². The highest BCUT2D eigenvalue weighted by molar-refractivity contribution is 7.09. The van der Waals surface area contributed by atoms with Gasteiger partial charge in [-0.15, -0.1) is 11.3 Å². The van der Waals surface area contributed by atoms with E-state index >= 15 is 0 Å². The Kier molecular flexibility index (Phi) is 4.54. The average Bonchev–Trinajstić information content (AvgIpc) is 3.23. The average molecular weight is 320 g/mol. The van der Waals surface area contributed by atoms with Gasteiger partial charge in [-0.3, -0.25) is 9.48 Å². The lowest BCUT2D eigenvalue weighted by Gasteiger charge is -2.19. The predicted molar refractivity (Wildman–Crippen MR) is 83.4 cm³/mol. The van der Waals surface area contributed by atoms with E-state index in [4.69, 9.17) is 4.74 Å². The molecule has 0 radical (unpaired) electrons. The van der Waals surface area contributed by atoms with Gasteiger partial charge < -0.3 is 10.1 Å². The third kappa shape index (κ3) is 3.05. The van der Waals surface area contributed by atoms with E-state index in [1.165, 1.54) is 0 Å². The monoisotopic (exact) mass is 320 g/mol. The van der Waals surface area contributed by atoms with E-state index in [0.29, 0.717) is 13.2 Å². The SMILES string of the molecule is CCn1nccc1[C@@H]1OCC[C@H]1C(=O)NCc1csc(C)n1. The number of amides is 1. The maximum atomic E-state index is 12.5. The van der Waals surface area contributed by atoms with Gasteiger partial charge >= 0.3 is 0 Å². The molecule has 2 aromatic rings. The van der Waals surface area contributed by atoms with E-state index in [1.807, 2.05) is 30.0 Å². The van der Waals surface area contributed by atoms with E-state index < -0.39 is 0 Å². The fourth-order valence-corrected chi connectivity index (χ4v) is 3.41. The summed E-state index contributed by atoms with van der Waals surface area (Å²) >= 11 is 1.59. The second kappa shape index (κ2) is 6.58. The molecule has 0 bridgehead atoms. The van der Waals surface area contributed by atoms with Crippen LogP contribution in [0.5, 0.6) is 0 Å². The molecule has 1 aliphatic heterocycles. The van der Waals surface area contributed by atoms with Gasteiger partial charge in [0.25, 0.3) is 0 Å². The number of nitrogens with one attached hydrogen (secondary N) is 1. The Bertz CT molecular complexity index is 652. The maximum absolute atomic E-state index is 12.5. The van der Waals surface area contributed by atoms with Gasteiger partial charge in [-0.2, -0.15) is 5.10 Å². The third-order valence-electron chi connectivity index (χ3n) is 3.88. The molecular weight excluding hydrogens is 300 g/mol. The molecule has 1 fully saturated rings. The molecule has 3 rings (SSSR count). The van der Waals surface area contributed by atoms with Crippen LogP contribution in [0.4, 0.5) is 0 Å². The summed E-state index contributed by atoms with van der Waals surface area (Å²) < 4.78 is 7.68. The van der Waals surface area contributed by atoms with Crippen molar-refractivity contribution in [2.24, 2.45) is 5.92 Å². The van der Waals surface area contributed by atoms with Gasteiger partial charge in [-0.05, 0) is 26.3 Å². The number of hydrogen-bond acceptors (Lipinski definition) is 5. The Morgan fingerprint density at radius 2 is 2.45 bits per heavy atom. The van der Waals surface area contributed by atoms with Crippen molar-refractivity contribution in [3.05, 3.63) is 34.0 Å². The smallest absolute Gasteiger partial charge is 0.226 e. The van der Waals surface area contributed by atoms with Crippen LogP contribution < -0.4 is 5.32 Å². The minimum atomic E-state index is -0.209. The molecule has 7 heteroatoms. The third-order valence-corrected chi connectivity index (χ3v) is 4.70. The molecule has 6 nitrogen and oxygen atoms in total. The normalized spacial score (nSPS) is 21.2. The number of hydrogen-bond donors (Lipinski definition) is 1. The first kappa shape index (κ1) is 15.2. The van der Waals surface area contributed by atoms with Gasteiger partial charge in [0.15, 0.2) is 0 Å². The van der Waals surface area contributed by atoms with E-state index in [0.717, 1.165) is 29.4 Å². The van der Waals surface area contributed by atoms with Crippen LogP contribution in [0.2, 0.25) is 0 Å². The molecule has 1 saturated heterocycles. The summed E-state index contributed by atoms with van der Waals surface area (Å²) in [4.78, 5) is 16.8. The Balaban J connectivity index is 1.66. The quantitative estimate of drug-likeness (QED) is 0.915. The van der Waals surface area contributed by atoms with Crippen molar-refractivity contribution in [2.45, 2.75) is 39.5 Å². The van der Waals surface area contributed by atoms with Crippen LogP contribution in [-0.4, -0.2) is 27.3 Å². The Hall–Kier alpha value is -1.73. The van der Waals surface area contributed by atoms with Crippen molar-refractivity contribution in [3.63, 3.8) is 0 Å². The second-order valence-electron chi connectivity index (χ2n) is 5.33. The molecule has 1 amide bonds. The Morgan fingerprint density at radius 1 is 1.59 bits per heavy atom. The molecule has 1 aliphatic rings. The van der Waals surface area contributed by atoms with Gasteiger partial charge in [-0.1, -0.05) is 0 Å². The zero-order valence-electron chi connectivity index (χ0n) is 12.8. The summed E-state index contributed by atoms with van der Waals surface area (Å²) in [5.41, 5.74) is 1.88. The molecule has 2 atom stereocenters. The lowest BCUT2D eigenvalue weighted by atomic mass is 9.98. The van der Waals surface area contributed by atoms with Gasteiger partial charge in [0.2, 0.25) is 5.91 Å². The predicted octanol–water partition coefficient (Wildman–Crippen LogP) is 2.06. The molecule has 0 aromatic carbocycles. The molecule has 0 spiro atoms. The molecule has 3 heterocycles. The number of rotatable bonds is 5. The van der Waals surface area contributed by atoms with Crippen LogP contribution in [-0.2, 0) is 22.6 Å². The molecule has 0 aliphatic carbocycles. The molecule has 118 valence electrons. The number of ether oxygens (including phenoxy) is 1. The van der Waals surface area contributed by atoms with E-state index in [9.17, 15) is 4.79 Å². The molecule has 22 heavy (non-hydrogen) atoms. The van der Waals surface area contributed by atoms with Crippen molar-refractivity contribution in [1.82, 2.24) is 20.1 Å². The highest BCUT2D eigenvalue weighted by Crippen LogP contribution is 2.34. The highest BCUT2D eigenvalue weighted by Gasteiger charge is 2.36. The van der Waals surface area contributed by atoms with Gasteiger partial charge in [-0.25, -0.2) is 4.98 Å². The van der Waals surface area contributed by atoms with Crippen molar-refractivity contribution >= 4 is 17.2 Å². The van der Waals surface area contributed by atoms with Crippen molar-refractivity contribution in [2.75, 3.05) is 6.61 Å². The summed E-state index contributed by atoms with van der Waals surface area (Å²) in [6, 6.07) is 1.93. The van der Waals surface area contributed by atoms with E-state index in [2.05, 4.69) is 15.4 Å². The minimum Gasteiger partial charge on any atom is -0.371 e. The summed E-state index contributed by atoms with van der Waals surface area (Å²) in [7, 11) is 0. The molecule has 0 saturated carbocycles. The summed E-state index contributed by atoms with van der Waals surface area (Å²) in [5, 5.41) is 10.2. The Morgan fingerprint density at radius 3 is 3.18 bits per heavy atom. The van der Waals surface area contributed by atoms with Crippen LogP contribution in [0.3, 0.4) is 0 Å². The van der Waals surface area contributed by atoms with Crippen molar-refractivity contribution in [3.8, 4) is 0 Å². The van der Waals surface area contributed by atoms with Crippen LogP contribution in [0, 0.1) is 12.8 Å². The van der Waals surface area contributed by atoms with Crippen molar-refractivity contribution < 1.29 is 9.53 Å². The van der Waals surface area contributed by atoms with Gasteiger partial charge in [0.05, 0.1) is 28.9 Å². The van der Waals surface area contributed by atoms with Crippen molar-refractivity contribution in [1.29, 1.82) is 0 Å². The first-order valence-electron chi connectivity index (χ1n) is 7.51. The largest absolute Gasteiger partial charge is 0.371 e. The minimum absolute atomic E-state index is 0.0250. The molecule has 1 N–H and O–H groups in total. The lowest BCUT2D eigenvalue weighted by Crippen LogP contribution is -2.32. The number of carbonyl (C=O) groups excluding carboxylic acids is 1. The molecular formula is C15H20N4O2S. The zero-order chi connectivity index (χ0) is 15.5. The van der Waals surface area contributed by atoms with Crippen LogP contribution in [0.25, 0.3) is 0 Å². The first-order valence-corrected chi connectivity index (χ1v) is 8.39. The number of thiazole rings is 1. The van der Waals surface area contributed by atoms with E-state index in [1.54, 1.807) is 17.5 Å². The zero-order valence-corrected chi connectivity index (χ0v) is 13.6. The second-order valence-corrected chi connectivity index (χ2v) is 6.40. The van der Waals surface area contributed by atoms with Crippen LogP contribution in [0.15, 0.2) is 17.6 Å². The first-order chi connectivity index (χ1) is 10.7. The number of aromatic nitrogens is 3. The van der Waals surface area contributed by atoms with Crippen LogP contribution >= 0.6 is 11.3 Å². The van der Waals surface area contributed by atoms with Gasteiger partial charge in [0, 0.05) is 24.7 Å². The topological polar surface area (TPSA) is 69.0 Å². The Labute approximate surface area is 133 Å².